The van der Waals surface area contributed by atoms with Crippen LogP contribution in [0.5, 0.6) is 0 Å². The van der Waals surface area contributed by atoms with Crippen LogP contribution < -0.4 is 0 Å². The number of imidazole rings is 1. The highest BCUT2D eigenvalue weighted by Crippen LogP contribution is 2.40. The van der Waals surface area contributed by atoms with Crippen LogP contribution in [0.2, 0.25) is 5.15 Å². The maximum atomic E-state index is 10.4. The third kappa shape index (κ3) is 2.39. The summed E-state index contributed by atoms with van der Waals surface area (Å²) in [5, 5.41) is 10.7. The van der Waals surface area contributed by atoms with Crippen molar-refractivity contribution in [1.29, 1.82) is 0 Å². The minimum absolute atomic E-state index is 0.304. The predicted molar refractivity (Wildman–Crippen MR) is 78.3 cm³/mol. The third-order valence-corrected chi connectivity index (χ3v) is 3.96. The summed E-state index contributed by atoms with van der Waals surface area (Å²) < 4.78 is 1.95. The number of aromatic nitrogens is 4. The number of hydrogen-bond acceptors (Lipinski definition) is 4. The van der Waals surface area contributed by atoms with E-state index in [-0.39, 0.29) is 0 Å². The number of aliphatic hydroxyl groups excluding tert-OH is 1. The van der Waals surface area contributed by atoms with Gasteiger partial charge in [-0.3, -0.25) is 0 Å². The molecule has 106 valence electrons. The second-order valence-electron chi connectivity index (χ2n) is 5.34. The average molecular weight is 301 g/mol. The lowest BCUT2D eigenvalue weighted by molar-refractivity contribution is 0.211. The van der Waals surface area contributed by atoms with E-state index in [0.29, 0.717) is 22.5 Å². The van der Waals surface area contributed by atoms with Gasteiger partial charge in [-0.05, 0) is 30.4 Å². The van der Waals surface area contributed by atoms with Crippen molar-refractivity contribution >= 4 is 17.2 Å². The van der Waals surface area contributed by atoms with E-state index >= 15 is 0 Å². The van der Waals surface area contributed by atoms with E-state index < -0.39 is 6.10 Å². The molecule has 1 aliphatic rings. The number of pyridine rings is 1. The zero-order valence-corrected chi connectivity index (χ0v) is 11.9. The van der Waals surface area contributed by atoms with Crippen molar-refractivity contribution in [1.82, 2.24) is 19.4 Å². The SMILES string of the molecule is OC(c1cc(Cl)ncn1)c1cn2cc(C3CC3)ccc2n1. The maximum Gasteiger partial charge on any atom is 0.140 e. The Morgan fingerprint density at radius 2 is 2.05 bits per heavy atom. The molecule has 4 rings (SSSR count). The van der Waals surface area contributed by atoms with E-state index in [2.05, 4.69) is 27.2 Å². The maximum absolute atomic E-state index is 10.4. The highest BCUT2D eigenvalue weighted by Gasteiger charge is 2.24. The molecule has 0 aromatic carbocycles. The number of halogens is 1. The molecule has 1 N–H and O–H groups in total. The first kappa shape index (κ1) is 12.7. The molecule has 6 heteroatoms. The summed E-state index contributed by atoms with van der Waals surface area (Å²) in [7, 11) is 0. The summed E-state index contributed by atoms with van der Waals surface area (Å²) in [6.07, 6.45) is 6.87. The van der Waals surface area contributed by atoms with Crippen LogP contribution >= 0.6 is 11.6 Å². The highest BCUT2D eigenvalue weighted by molar-refractivity contribution is 6.29. The second kappa shape index (κ2) is 4.79. The van der Waals surface area contributed by atoms with E-state index in [4.69, 9.17) is 11.6 Å². The van der Waals surface area contributed by atoms with Crippen LogP contribution in [0.25, 0.3) is 5.65 Å². The van der Waals surface area contributed by atoms with Gasteiger partial charge >= 0.3 is 0 Å². The Morgan fingerprint density at radius 3 is 2.81 bits per heavy atom. The van der Waals surface area contributed by atoms with Crippen molar-refractivity contribution in [3.05, 3.63) is 59.0 Å². The summed E-state index contributed by atoms with van der Waals surface area (Å²) in [6, 6.07) is 5.64. The van der Waals surface area contributed by atoms with Gasteiger partial charge in [-0.2, -0.15) is 0 Å². The van der Waals surface area contributed by atoms with Gasteiger partial charge in [-0.15, -0.1) is 0 Å². The Hall–Kier alpha value is -1.98. The standard InChI is InChI=1S/C15H13ClN4O/c16-13-5-11(17-8-18-13)15(21)12-7-20-6-10(9-1-2-9)3-4-14(20)19-12/h3-9,15,21H,1-2H2. The fraction of sp³-hybridized carbons (Fsp3) is 0.267. The lowest BCUT2D eigenvalue weighted by atomic mass is 10.2. The molecule has 1 atom stereocenters. The average Bonchev–Trinajstić information content (AvgIpc) is 3.25. The minimum Gasteiger partial charge on any atom is -0.380 e. The summed E-state index contributed by atoms with van der Waals surface area (Å²) >= 11 is 5.83. The summed E-state index contributed by atoms with van der Waals surface area (Å²) in [5.41, 5.74) is 3.14. The van der Waals surface area contributed by atoms with E-state index in [1.807, 2.05) is 16.7 Å². The van der Waals surface area contributed by atoms with Crippen LogP contribution in [-0.4, -0.2) is 24.5 Å². The molecule has 0 radical (unpaired) electrons. The molecule has 0 bridgehead atoms. The highest BCUT2D eigenvalue weighted by atomic mass is 35.5. The molecule has 0 spiro atoms. The lowest BCUT2D eigenvalue weighted by Gasteiger charge is -2.06. The van der Waals surface area contributed by atoms with Gasteiger partial charge < -0.3 is 9.51 Å². The monoisotopic (exact) mass is 300 g/mol. The number of hydrogen-bond donors (Lipinski definition) is 1. The normalized spacial score (nSPS) is 16.3. The second-order valence-corrected chi connectivity index (χ2v) is 5.72. The van der Waals surface area contributed by atoms with Crippen molar-refractivity contribution in [3.8, 4) is 0 Å². The molecule has 5 nitrogen and oxygen atoms in total. The minimum atomic E-state index is -0.908. The number of aliphatic hydroxyl groups is 1. The molecule has 1 fully saturated rings. The van der Waals surface area contributed by atoms with Crippen LogP contribution in [0.4, 0.5) is 0 Å². The zero-order valence-electron chi connectivity index (χ0n) is 11.1. The largest absolute Gasteiger partial charge is 0.380 e. The summed E-state index contributed by atoms with van der Waals surface area (Å²) in [5.74, 6) is 0.686. The van der Waals surface area contributed by atoms with Gasteiger partial charge in [0.25, 0.3) is 0 Å². The van der Waals surface area contributed by atoms with Gasteiger partial charge in [0.2, 0.25) is 0 Å². The topological polar surface area (TPSA) is 63.3 Å². The zero-order chi connectivity index (χ0) is 14.4. The van der Waals surface area contributed by atoms with Crippen molar-refractivity contribution in [2.45, 2.75) is 24.9 Å². The molecular weight excluding hydrogens is 288 g/mol. The van der Waals surface area contributed by atoms with Crippen molar-refractivity contribution < 1.29 is 5.11 Å². The molecular formula is C15H13ClN4O. The van der Waals surface area contributed by atoms with Gasteiger partial charge in [-0.1, -0.05) is 17.7 Å². The Kier molecular flexibility index (Phi) is 2.90. The predicted octanol–water partition coefficient (Wildman–Crippen LogP) is 2.74. The first-order chi connectivity index (χ1) is 10.2. The van der Waals surface area contributed by atoms with Gasteiger partial charge in [-0.25, -0.2) is 15.0 Å². The number of nitrogens with zero attached hydrogens (tertiary/aromatic N) is 4. The summed E-state index contributed by atoms with van der Waals surface area (Å²) in [6.45, 7) is 0. The molecule has 0 saturated heterocycles. The van der Waals surface area contributed by atoms with Gasteiger partial charge in [0.1, 0.15) is 23.2 Å². The molecule has 1 aliphatic carbocycles. The van der Waals surface area contributed by atoms with Crippen molar-refractivity contribution in [2.75, 3.05) is 0 Å². The molecule has 21 heavy (non-hydrogen) atoms. The molecule has 0 aliphatic heterocycles. The fourth-order valence-electron chi connectivity index (χ4n) is 2.47. The number of fused-ring (bicyclic) bond motifs is 1. The van der Waals surface area contributed by atoms with Crippen molar-refractivity contribution in [3.63, 3.8) is 0 Å². The van der Waals surface area contributed by atoms with Gasteiger partial charge in [0, 0.05) is 18.5 Å². The molecule has 3 aromatic heterocycles. The molecule has 3 aromatic rings. The van der Waals surface area contributed by atoms with Crippen molar-refractivity contribution in [2.24, 2.45) is 0 Å². The van der Waals surface area contributed by atoms with E-state index in [1.54, 1.807) is 6.07 Å². The first-order valence-corrected chi connectivity index (χ1v) is 7.22. The van der Waals surface area contributed by atoms with Crippen LogP contribution in [0.1, 0.15) is 41.8 Å². The first-order valence-electron chi connectivity index (χ1n) is 6.85. The van der Waals surface area contributed by atoms with E-state index in [0.717, 1.165) is 5.65 Å². The van der Waals surface area contributed by atoms with Crippen LogP contribution in [0, 0.1) is 0 Å². The third-order valence-electron chi connectivity index (χ3n) is 3.76. The molecule has 0 amide bonds. The Labute approximate surface area is 126 Å². The van der Waals surface area contributed by atoms with Crippen LogP contribution in [0.15, 0.2) is 36.9 Å². The fourth-order valence-corrected chi connectivity index (χ4v) is 2.62. The lowest BCUT2D eigenvalue weighted by Crippen LogP contribution is -2.03. The Morgan fingerprint density at radius 1 is 1.19 bits per heavy atom. The Bertz CT molecular complexity index is 812. The van der Waals surface area contributed by atoms with Crippen LogP contribution in [-0.2, 0) is 0 Å². The molecule has 3 heterocycles. The Balaban J connectivity index is 1.72. The quantitative estimate of drug-likeness (QED) is 0.756. The van der Waals surface area contributed by atoms with Gasteiger partial charge in [0.05, 0.1) is 11.4 Å². The van der Waals surface area contributed by atoms with Gasteiger partial charge in [0.15, 0.2) is 0 Å². The molecule has 1 saturated carbocycles. The number of rotatable bonds is 3. The molecule has 1 unspecified atom stereocenters. The smallest absolute Gasteiger partial charge is 0.140 e. The van der Waals surface area contributed by atoms with E-state index in [9.17, 15) is 5.11 Å². The van der Waals surface area contributed by atoms with Crippen LogP contribution in [0.3, 0.4) is 0 Å². The van der Waals surface area contributed by atoms with E-state index in [1.165, 1.54) is 24.7 Å². The summed E-state index contributed by atoms with van der Waals surface area (Å²) in [4.78, 5) is 12.3.